The van der Waals surface area contributed by atoms with Crippen molar-refractivity contribution in [2.24, 2.45) is 22.9 Å². The molecule has 65 heavy (non-hydrogen) atoms. The van der Waals surface area contributed by atoms with Gasteiger partial charge < -0.3 is 48.7 Å². The molecular weight excluding hydrogens is 834 g/mol. The number of aliphatic hydroxyl groups excluding tert-OH is 3. The number of hydrogen-bond acceptors (Lipinski definition) is 12. The maximum atomic E-state index is 15.1. The molecule has 0 radical (unpaired) electrons. The highest BCUT2D eigenvalue weighted by Crippen LogP contribution is 2.62. The lowest BCUT2D eigenvalue weighted by atomic mass is 9.55. The van der Waals surface area contributed by atoms with Gasteiger partial charge in [-0.25, -0.2) is 4.39 Å². The molecule has 3 aromatic rings. The predicted octanol–water partition coefficient (Wildman–Crippen LogP) is 7.59. The molecule has 1 saturated carbocycles. The number of hydrogen-bond donors (Lipinski definition) is 3. The van der Waals surface area contributed by atoms with Crippen LogP contribution in [0.2, 0.25) is 0 Å². The van der Waals surface area contributed by atoms with E-state index in [1.54, 1.807) is 59.5 Å². The number of halogens is 1. The number of carbonyl (C=O) groups is 1. The molecule has 14 heteroatoms. The summed E-state index contributed by atoms with van der Waals surface area (Å²) in [7, 11) is 0. The Kier molecular flexibility index (Phi) is 17.2. The molecule has 7 atom stereocenters. The van der Waals surface area contributed by atoms with Crippen molar-refractivity contribution in [1.82, 2.24) is 4.90 Å². The first-order chi connectivity index (χ1) is 31.8. The number of benzene rings is 3. The van der Waals surface area contributed by atoms with Crippen LogP contribution in [0.15, 0.2) is 96.2 Å². The van der Waals surface area contributed by atoms with Gasteiger partial charge in [-0.15, -0.1) is 6.58 Å². The fourth-order valence-electron chi connectivity index (χ4n) is 10.0. The molecule has 348 valence electrons. The number of fused-ring (bicyclic) bond motifs is 2. The number of aliphatic hydroxyl groups is 3. The van der Waals surface area contributed by atoms with E-state index in [-0.39, 0.29) is 88.7 Å². The van der Waals surface area contributed by atoms with E-state index in [0.29, 0.717) is 59.8 Å². The maximum absolute atomic E-state index is 15.1. The number of allylic oxidation sites excluding steroid dienone is 1. The lowest BCUT2D eigenvalue weighted by Gasteiger charge is -2.60. The monoisotopic (exact) mass is 895 g/mol. The van der Waals surface area contributed by atoms with E-state index in [1.807, 2.05) is 12.1 Å². The second kappa shape index (κ2) is 23.4. The Balaban J connectivity index is 1.43. The van der Waals surface area contributed by atoms with Gasteiger partial charge in [-0.2, -0.15) is 5.26 Å². The van der Waals surface area contributed by atoms with Crippen LogP contribution in [0, 0.1) is 34.9 Å². The molecule has 13 nitrogen and oxygen atoms in total. The number of unbranched alkanes of at least 4 members (excludes halogenated alkanes) is 2. The van der Waals surface area contributed by atoms with Crippen LogP contribution in [0.1, 0.15) is 97.2 Å². The summed E-state index contributed by atoms with van der Waals surface area (Å²) >= 11 is 0. The van der Waals surface area contributed by atoms with Gasteiger partial charge in [0, 0.05) is 55.2 Å². The summed E-state index contributed by atoms with van der Waals surface area (Å²) < 4.78 is 47.4. The van der Waals surface area contributed by atoms with Crippen LogP contribution in [-0.2, 0) is 25.7 Å². The number of ether oxygens (including phenoxy) is 5. The first-order valence-corrected chi connectivity index (χ1v) is 23.1. The van der Waals surface area contributed by atoms with E-state index in [2.05, 4.69) is 18.7 Å². The number of rotatable bonds is 23. The van der Waals surface area contributed by atoms with E-state index in [1.165, 1.54) is 6.07 Å². The Morgan fingerprint density at radius 2 is 1.80 bits per heavy atom. The zero-order chi connectivity index (χ0) is 45.6. The van der Waals surface area contributed by atoms with Crippen LogP contribution < -0.4 is 9.47 Å². The van der Waals surface area contributed by atoms with Crippen LogP contribution >= 0.6 is 0 Å². The van der Waals surface area contributed by atoms with Crippen LogP contribution in [0.25, 0.3) is 0 Å². The summed E-state index contributed by atoms with van der Waals surface area (Å²) in [5.74, 6) is -2.15. The quantitative estimate of drug-likeness (QED) is 0.0487. The van der Waals surface area contributed by atoms with E-state index in [0.717, 1.165) is 49.7 Å². The molecule has 0 bridgehead atoms. The maximum Gasteiger partial charge on any atom is 0.254 e. The molecule has 2 heterocycles. The molecule has 2 aliphatic carbocycles. The molecule has 7 unspecified atom stereocenters. The van der Waals surface area contributed by atoms with E-state index < -0.39 is 24.0 Å². The van der Waals surface area contributed by atoms with Gasteiger partial charge in [0.15, 0.2) is 0 Å². The summed E-state index contributed by atoms with van der Waals surface area (Å²) in [5, 5.41) is 44.1. The van der Waals surface area contributed by atoms with Gasteiger partial charge in [-0.05, 0) is 104 Å². The molecule has 2 aliphatic heterocycles. The van der Waals surface area contributed by atoms with Crippen LogP contribution in [0.4, 0.5) is 4.39 Å². The molecule has 4 aliphatic rings. The molecule has 1 saturated heterocycles. The van der Waals surface area contributed by atoms with Crippen molar-refractivity contribution >= 4 is 11.6 Å². The third-order valence-electron chi connectivity index (χ3n) is 13.0. The van der Waals surface area contributed by atoms with Gasteiger partial charge in [-0.3, -0.25) is 4.79 Å². The molecule has 1 amide bonds. The van der Waals surface area contributed by atoms with Crippen LogP contribution in [0.3, 0.4) is 0 Å². The summed E-state index contributed by atoms with van der Waals surface area (Å²) in [4.78, 5) is 23.1. The highest BCUT2D eigenvalue weighted by Gasteiger charge is 2.65. The van der Waals surface area contributed by atoms with Crippen molar-refractivity contribution in [2.75, 3.05) is 52.8 Å². The summed E-state index contributed by atoms with van der Waals surface area (Å²) in [6.45, 7) is 4.81. The third-order valence-corrected chi connectivity index (χ3v) is 13.0. The second-order valence-corrected chi connectivity index (χ2v) is 17.1. The average Bonchev–Trinajstić information content (AvgIpc) is 3.34. The molecule has 3 aromatic carbocycles. The molecule has 0 aromatic heterocycles. The smallest absolute Gasteiger partial charge is 0.254 e. The first kappa shape index (κ1) is 47.8. The second-order valence-electron chi connectivity index (χ2n) is 17.1. The lowest BCUT2D eigenvalue weighted by Crippen LogP contribution is -2.70. The zero-order valence-corrected chi connectivity index (χ0v) is 37.0. The Morgan fingerprint density at radius 3 is 2.52 bits per heavy atom. The minimum absolute atomic E-state index is 0.00141. The van der Waals surface area contributed by atoms with Crippen molar-refractivity contribution in [3.05, 3.63) is 119 Å². The summed E-state index contributed by atoms with van der Waals surface area (Å²) in [6.07, 6.45) is 10.3. The van der Waals surface area contributed by atoms with Gasteiger partial charge in [0.25, 0.3) is 5.91 Å². The predicted molar refractivity (Wildman–Crippen MR) is 240 cm³/mol. The van der Waals surface area contributed by atoms with Crippen LogP contribution in [0.5, 0.6) is 11.5 Å². The largest absolute Gasteiger partial charge is 0.489 e. The third kappa shape index (κ3) is 11.1. The summed E-state index contributed by atoms with van der Waals surface area (Å²) in [5.41, 5.74) is 3.51. The number of nitrogens with zero attached hydrogens (tertiary/aromatic N) is 3. The Bertz CT molecular complexity index is 2150. The van der Waals surface area contributed by atoms with Crippen molar-refractivity contribution in [1.29, 1.82) is 5.26 Å². The molecule has 7 rings (SSSR count). The van der Waals surface area contributed by atoms with Crippen molar-refractivity contribution < 1.29 is 53.0 Å². The van der Waals surface area contributed by atoms with Crippen molar-refractivity contribution in [3.8, 4) is 17.6 Å². The molecule has 2 fully saturated rings. The van der Waals surface area contributed by atoms with E-state index in [4.69, 9.17) is 33.7 Å². The van der Waals surface area contributed by atoms with Gasteiger partial charge in [0.05, 0.1) is 56.3 Å². The molecule has 3 N–H and O–H groups in total. The number of nitriles is 1. The van der Waals surface area contributed by atoms with Gasteiger partial charge in [0.2, 0.25) is 12.1 Å². The average molecular weight is 896 g/mol. The molecular formula is C51H62FN3O10. The Hall–Kier alpha value is -5.14. The fourth-order valence-corrected chi connectivity index (χ4v) is 10.0. The minimum Gasteiger partial charge on any atom is -0.489 e. The molecule has 0 spiro atoms. The number of amides is 1. The standard InChI is InChI=1S/C51H62FN3O10/c1-2-26-63-51-46(55(22-28-60-29-25-58)50(59)36-18-16-35(33-53)17-19-36)32-44(54-65-47-15-7-10-27-61-47)41-30-37(11-5-8-23-56)40(13-6-9-24-57)48(49(41)51)42-31-39(20-21-45(42)64-51)62-34-38-12-3-4-14-43(38)52/h2-4,12,14,16-21,30-31,37,40,46-49,56-58H,1,5-11,13,15,22-29,32,34H2. The van der Waals surface area contributed by atoms with Crippen molar-refractivity contribution in [2.45, 2.75) is 94.9 Å². The van der Waals surface area contributed by atoms with E-state index in [9.17, 15) is 25.0 Å². The zero-order valence-electron chi connectivity index (χ0n) is 37.0. The number of oxime groups is 1. The van der Waals surface area contributed by atoms with Gasteiger partial charge in [-0.1, -0.05) is 48.3 Å². The highest BCUT2D eigenvalue weighted by atomic mass is 19.1. The first-order valence-electron chi connectivity index (χ1n) is 23.1. The lowest BCUT2D eigenvalue weighted by molar-refractivity contribution is -0.255. The fraction of sp³-hybridized carbons (Fsp3) is 0.510. The van der Waals surface area contributed by atoms with Gasteiger partial charge in [0.1, 0.15) is 30.0 Å². The normalized spacial score (nSPS) is 25.0. The van der Waals surface area contributed by atoms with E-state index >= 15 is 4.79 Å². The van der Waals surface area contributed by atoms with Gasteiger partial charge >= 0.3 is 0 Å². The summed E-state index contributed by atoms with van der Waals surface area (Å²) in [6, 6.07) is 19.9. The topological polar surface area (TPSA) is 173 Å². The Labute approximate surface area is 381 Å². The van der Waals surface area contributed by atoms with Crippen molar-refractivity contribution in [3.63, 3.8) is 0 Å². The highest BCUT2D eigenvalue weighted by molar-refractivity contribution is 6.03. The SMILES string of the molecule is C=CCOC12Oc3ccc(OCc4ccccc4F)cc3C3C(CCCCO)C(CCCCO)C=C(C(=NOC4CCCCO4)CC1N(CCOCCO)C(=O)c1ccc(C#N)cc1)C32. The van der Waals surface area contributed by atoms with Crippen LogP contribution in [-0.4, -0.2) is 103 Å². The number of carbonyl (C=O) groups excluding carboxylic acids is 1. The Morgan fingerprint density at radius 1 is 1.00 bits per heavy atom. The minimum atomic E-state index is -1.54.